The summed E-state index contributed by atoms with van der Waals surface area (Å²) in [5, 5.41) is 1.90. The van der Waals surface area contributed by atoms with E-state index in [-0.39, 0.29) is 11.1 Å². The SMILES string of the molecule is CCC(C)c1ccc(CCOc2ccc(C=C3SC(=O)NC3=O)cc2)nc1. The van der Waals surface area contributed by atoms with Gasteiger partial charge in [0.25, 0.3) is 11.1 Å². The molecule has 5 nitrogen and oxygen atoms in total. The molecule has 1 saturated heterocycles. The summed E-state index contributed by atoms with van der Waals surface area (Å²) in [6.45, 7) is 4.92. The Bertz CT molecular complexity index is 845. The summed E-state index contributed by atoms with van der Waals surface area (Å²) < 4.78 is 5.77. The number of benzene rings is 1. The molecule has 1 aromatic heterocycles. The number of ether oxygens (including phenoxy) is 1. The molecular formula is C21H22N2O3S. The molecule has 1 aliphatic heterocycles. The lowest BCUT2D eigenvalue weighted by Gasteiger charge is -2.09. The predicted molar refractivity (Wildman–Crippen MR) is 108 cm³/mol. The van der Waals surface area contributed by atoms with E-state index in [0.717, 1.165) is 41.6 Å². The van der Waals surface area contributed by atoms with Gasteiger partial charge in [-0.15, -0.1) is 0 Å². The van der Waals surface area contributed by atoms with Crippen LogP contribution in [-0.4, -0.2) is 22.7 Å². The third kappa shape index (κ3) is 5.20. The lowest BCUT2D eigenvalue weighted by molar-refractivity contribution is -0.115. The van der Waals surface area contributed by atoms with Gasteiger partial charge in [0.2, 0.25) is 0 Å². The van der Waals surface area contributed by atoms with Gasteiger partial charge in [0.05, 0.1) is 11.5 Å². The molecule has 1 N–H and O–H groups in total. The summed E-state index contributed by atoms with van der Waals surface area (Å²) >= 11 is 0.912. The second-order valence-corrected chi connectivity index (χ2v) is 7.43. The molecule has 2 amide bonds. The van der Waals surface area contributed by atoms with E-state index < -0.39 is 0 Å². The molecule has 2 heterocycles. The van der Waals surface area contributed by atoms with Crippen molar-refractivity contribution in [3.63, 3.8) is 0 Å². The number of pyridine rings is 1. The zero-order valence-corrected chi connectivity index (χ0v) is 16.2. The number of carbonyl (C=O) groups excluding carboxylic acids is 2. The van der Waals surface area contributed by atoms with E-state index in [1.165, 1.54) is 5.56 Å². The molecule has 1 fully saturated rings. The average Bonchev–Trinajstić information content (AvgIpc) is 3.00. The number of aromatic nitrogens is 1. The minimum atomic E-state index is -0.350. The zero-order chi connectivity index (χ0) is 19.2. The third-order valence-electron chi connectivity index (χ3n) is 4.48. The van der Waals surface area contributed by atoms with Crippen LogP contribution in [-0.2, 0) is 11.2 Å². The molecule has 140 valence electrons. The zero-order valence-electron chi connectivity index (χ0n) is 15.4. The van der Waals surface area contributed by atoms with Crippen LogP contribution in [0.3, 0.4) is 0 Å². The number of rotatable bonds is 7. The van der Waals surface area contributed by atoms with Gasteiger partial charge in [0, 0.05) is 18.3 Å². The van der Waals surface area contributed by atoms with Gasteiger partial charge in [-0.25, -0.2) is 0 Å². The van der Waals surface area contributed by atoms with E-state index in [0.29, 0.717) is 17.4 Å². The number of carbonyl (C=O) groups is 2. The predicted octanol–water partition coefficient (Wildman–Crippen LogP) is 4.54. The van der Waals surface area contributed by atoms with Crippen molar-refractivity contribution >= 4 is 29.0 Å². The molecule has 0 aliphatic carbocycles. The van der Waals surface area contributed by atoms with Crippen molar-refractivity contribution in [3.05, 3.63) is 64.3 Å². The van der Waals surface area contributed by atoms with E-state index in [1.807, 2.05) is 30.5 Å². The molecule has 0 radical (unpaired) electrons. The molecule has 1 aromatic carbocycles. The highest BCUT2D eigenvalue weighted by atomic mass is 32.2. The Hall–Kier alpha value is -2.60. The maximum atomic E-state index is 11.6. The van der Waals surface area contributed by atoms with E-state index in [9.17, 15) is 9.59 Å². The molecule has 0 saturated carbocycles. The standard InChI is InChI=1S/C21H22N2O3S/c1-3-14(2)16-6-7-17(22-13-16)10-11-26-18-8-4-15(5-9-18)12-19-20(24)23-21(25)27-19/h4-9,12-14H,3,10-11H2,1-2H3,(H,23,24,25). The smallest absolute Gasteiger partial charge is 0.290 e. The van der Waals surface area contributed by atoms with E-state index in [4.69, 9.17) is 4.74 Å². The Kier molecular flexibility index (Phi) is 6.29. The van der Waals surface area contributed by atoms with Crippen molar-refractivity contribution in [1.82, 2.24) is 10.3 Å². The lowest BCUT2D eigenvalue weighted by atomic mass is 10.0. The number of nitrogens with zero attached hydrogens (tertiary/aromatic N) is 1. The number of imide groups is 1. The molecular weight excluding hydrogens is 360 g/mol. The summed E-state index contributed by atoms with van der Waals surface area (Å²) in [5.74, 6) is 0.938. The number of hydrogen-bond donors (Lipinski definition) is 1. The van der Waals surface area contributed by atoms with Crippen molar-refractivity contribution in [1.29, 1.82) is 0 Å². The number of thioether (sulfide) groups is 1. The highest BCUT2D eigenvalue weighted by molar-refractivity contribution is 8.18. The van der Waals surface area contributed by atoms with Crippen LogP contribution in [0.1, 0.15) is 43.0 Å². The second-order valence-electron chi connectivity index (χ2n) is 6.41. The van der Waals surface area contributed by atoms with Crippen LogP contribution >= 0.6 is 11.8 Å². The molecule has 3 rings (SSSR count). The summed E-state index contributed by atoms with van der Waals surface area (Å²) in [7, 11) is 0. The third-order valence-corrected chi connectivity index (χ3v) is 5.29. The first-order valence-electron chi connectivity index (χ1n) is 8.97. The molecule has 27 heavy (non-hydrogen) atoms. The molecule has 1 unspecified atom stereocenters. The summed E-state index contributed by atoms with van der Waals surface area (Å²) in [4.78, 5) is 27.6. The van der Waals surface area contributed by atoms with Crippen LogP contribution in [0.2, 0.25) is 0 Å². The van der Waals surface area contributed by atoms with E-state index in [1.54, 1.807) is 6.08 Å². The maximum Gasteiger partial charge on any atom is 0.290 e. The summed E-state index contributed by atoms with van der Waals surface area (Å²) in [5.41, 5.74) is 3.12. The summed E-state index contributed by atoms with van der Waals surface area (Å²) in [6.07, 6.45) is 5.49. The molecule has 0 bridgehead atoms. The molecule has 6 heteroatoms. The van der Waals surface area contributed by atoms with Crippen LogP contribution in [0.4, 0.5) is 4.79 Å². The van der Waals surface area contributed by atoms with Gasteiger partial charge in [-0.1, -0.05) is 32.0 Å². The van der Waals surface area contributed by atoms with Gasteiger partial charge in [0.1, 0.15) is 5.75 Å². The Morgan fingerprint density at radius 3 is 2.56 bits per heavy atom. The van der Waals surface area contributed by atoms with Crippen LogP contribution in [0.15, 0.2) is 47.5 Å². The normalized spacial score (nSPS) is 16.4. The van der Waals surface area contributed by atoms with Crippen molar-refractivity contribution in [2.24, 2.45) is 0 Å². The first-order valence-corrected chi connectivity index (χ1v) is 9.79. The molecule has 2 aromatic rings. The average molecular weight is 382 g/mol. The highest BCUT2D eigenvalue weighted by Crippen LogP contribution is 2.26. The van der Waals surface area contributed by atoms with E-state index >= 15 is 0 Å². The largest absolute Gasteiger partial charge is 0.493 e. The van der Waals surface area contributed by atoms with Crippen LogP contribution in [0, 0.1) is 0 Å². The fraction of sp³-hybridized carbons (Fsp3) is 0.286. The van der Waals surface area contributed by atoms with Crippen LogP contribution in [0.5, 0.6) is 5.75 Å². The van der Waals surface area contributed by atoms with Gasteiger partial charge in [-0.3, -0.25) is 19.9 Å². The quantitative estimate of drug-likeness (QED) is 0.712. The van der Waals surface area contributed by atoms with Crippen molar-refractivity contribution in [2.75, 3.05) is 6.61 Å². The fourth-order valence-corrected chi connectivity index (χ4v) is 3.30. The minimum absolute atomic E-state index is 0.336. The molecule has 1 aliphatic rings. The second kappa shape index (κ2) is 8.86. The van der Waals surface area contributed by atoms with Gasteiger partial charge in [0.15, 0.2) is 0 Å². The molecule has 0 spiro atoms. The van der Waals surface area contributed by atoms with Crippen LogP contribution < -0.4 is 10.1 Å². The minimum Gasteiger partial charge on any atom is -0.493 e. The first-order chi connectivity index (χ1) is 13.0. The van der Waals surface area contributed by atoms with Gasteiger partial charge >= 0.3 is 0 Å². The Morgan fingerprint density at radius 1 is 1.19 bits per heavy atom. The van der Waals surface area contributed by atoms with Crippen molar-refractivity contribution in [3.8, 4) is 5.75 Å². The number of amides is 2. The Labute approximate surface area is 163 Å². The fourth-order valence-electron chi connectivity index (χ4n) is 2.62. The topological polar surface area (TPSA) is 68.3 Å². The maximum absolute atomic E-state index is 11.6. The number of nitrogens with one attached hydrogen (secondary N) is 1. The van der Waals surface area contributed by atoms with Gasteiger partial charge < -0.3 is 4.74 Å². The van der Waals surface area contributed by atoms with E-state index in [2.05, 4.69) is 36.3 Å². The van der Waals surface area contributed by atoms with Crippen molar-refractivity contribution < 1.29 is 14.3 Å². The summed E-state index contributed by atoms with van der Waals surface area (Å²) in [6, 6.07) is 11.6. The Morgan fingerprint density at radius 2 is 1.96 bits per heavy atom. The Balaban J connectivity index is 1.51. The monoisotopic (exact) mass is 382 g/mol. The van der Waals surface area contributed by atoms with Gasteiger partial charge in [-0.2, -0.15) is 0 Å². The molecule has 1 atom stereocenters. The van der Waals surface area contributed by atoms with Gasteiger partial charge in [-0.05, 0) is 59.5 Å². The lowest BCUT2D eigenvalue weighted by Crippen LogP contribution is -2.17. The first kappa shape index (κ1) is 19.2. The highest BCUT2D eigenvalue weighted by Gasteiger charge is 2.24. The number of hydrogen-bond acceptors (Lipinski definition) is 5. The van der Waals surface area contributed by atoms with Crippen molar-refractivity contribution in [2.45, 2.75) is 32.6 Å². The van der Waals surface area contributed by atoms with Crippen LogP contribution in [0.25, 0.3) is 6.08 Å².